The molecule has 1 N–H and O–H groups in total. The Morgan fingerprint density at radius 3 is 2.50 bits per heavy atom. The number of carbonyl (C=O) groups is 1. The van der Waals surface area contributed by atoms with Gasteiger partial charge in [-0.1, -0.05) is 48.5 Å². The lowest BCUT2D eigenvalue weighted by molar-refractivity contribution is -0.111. The lowest BCUT2D eigenvalue weighted by Gasteiger charge is -2.07. The van der Waals surface area contributed by atoms with Crippen LogP contribution >= 0.6 is 0 Å². The largest absolute Gasteiger partial charge is 0.307 e. The lowest BCUT2D eigenvalue weighted by Crippen LogP contribution is -2.13. The Hall–Kier alpha value is -3.93. The molecule has 2 aromatic heterocycles. The van der Waals surface area contributed by atoms with Gasteiger partial charge >= 0.3 is 0 Å². The summed E-state index contributed by atoms with van der Waals surface area (Å²) in [4.78, 5) is 12.3. The minimum atomic E-state index is -0.220. The van der Waals surface area contributed by atoms with Crippen LogP contribution in [0.2, 0.25) is 0 Å². The Kier molecular flexibility index (Phi) is 5.11. The highest BCUT2D eigenvalue weighted by Crippen LogP contribution is 2.11. The molecule has 0 saturated heterocycles. The van der Waals surface area contributed by atoms with Gasteiger partial charge in [0.15, 0.2) is 0 Å². The number of benzene rings is 2. The van der Waals surface area contributed by atoms with Crippen LogP contribution in [0.25, 0.3) is 11.8 Å². The third-order valence-corrected chi connectivity index (χ3v) is 4.19. The van der Waals surface area contributed by atoms with Crippen molar-refractivity contribution in [2.45, 2.75) is 6.54 Å². The second-order valence-corrected chi connectivity index (χ2v) is 6.24. The first-order valence-corrected chi connectivity index (χ1v) is 8.93. The van der Waals surface area contributed by atoms with Crippen molar-refractivity contribution in [1.29, 1.82) is 0 Å². The molecule has 6 nitrogen and oxygen atoms in total. The molecule has 1 amide bonds. The molecule has 0 aliphatic rings. The highest BCUT2D eigenvalue weighted by atomic mass is 16.1. The number of carbonyl (C=O) groups excluding carboxylic acids is 1. The standard InChI is InChI=1S/C22H19N5O/c28-22(12-11-19-15-24-26(17-19)20-9-5-2-6-10-20)25-21-13-14-23-27(21)16-18-7-3-1-4-8-18/h1-15,17H,16H2,(H,25,28). The van der Waals surface area contributed by atoms with E-state index in [-0.39, 0.29) is 5.91 Å². The molecule has 0 aliphatic carbocycles. The summed E-state index contributed by atoms with van der Waals surface area (Å²) in [6.45, 7) is 0.594. The van der Waals surface area contributed by atoms with Gasteiger partial charge in [0.2, 0.25) is 5.91 Å². The van der Waals surface area contributed by atoms with Crippen molar-refractivity contribution in [3.63, 3.8) is 0 Å². The van der Waals surface area contributed by atoms with E-state index in [0.717, 1.165) is 16.8 Å². The van der Waals surface area contributed by atoms with Gasteiger partial charge in [-0.05, 0) is 23.8 Å². The average molecular weight is 369 g/mol. The minimum Gasteiger partial charge on any atom is -0.307 e. The fraction of sp³-hybridized carbons (Fsp3) is 0.0455. The van der Waals surface area contributed by atoms with Crippen molar-refractivity contribution in [3.05, 3.63) is 103 Å². The van der Waals surface area contributed by atoms with E-state index in [0.29, 0.717) is 12.4 Å². The Bertz CT molecular complexity index is 1080. The third kappa shape index (κ3) is 4.24. The van der Waals surface area contributed by atoms with Crippen LogP contribution in [-0.2, 0) is 11.3 Å². The molecule has 2 heterocycles. The molecule has 28 heavy (non-hydrogen) atoms. The number of aromatic nitrogens is 4. The molecule has 0 spiro atoms. The number of hydrogen-bond acceptors (Lipinski definition) is 3. The van der Waals surface area contributed by atoms with Crippen LogP contribution in [0.15, 0.2) is 91.4 Å². The zero-order valence-electron chi connectivity index (χ0n) is 15.1. The minimum absolute atomic E-state index is 0.220. The molecule has 138 valence electrons. The van der Waals surface area contributed by atoms with E-state index in [9.17, 15) is 4.79 Å². The van der Waals surface area contributed by atoms with Crippen molar-refractivity contribution >= 4 is 17.8 Å². The smallest absolute Gasteiger partial charge is 0.249 e. The fourth-order valence-electron chi connectivity index (χ4n) is 2.81. The predicted molar refractivity (Wildman–Crippen MR) is 109 cm³/mol. The molecule has 4 rings (SSSR count). The molecule has 0 atom stereocenters. The van der Waals surface area contributed by atoms with Crippen molar-refractivity contribution < 1.29 is 4.79 Å². The Balaban J connectivity index is 1.40. The summed E-state index contributed by atoms with van der Waals surface area (Å²) in [6.07, 6.45) is 8.49. The predicted octanol–water partition coefficient (Wildman–Crippen LogP) is 3.77. The topological polar surface area (TPSA) is 64.7 Å². The van der Waals surface area contributed by atoms with Gasteiger partial charge < -0.3 is 5.32 Å². The highest BCUT2D eigenvalue weighted by molar-refractivity contribution is 6.01. The maximum Gasteiger partial charge on any atom is 0.249 e. The first-order chi connectivity index (χ1) is 13.8. The molecule has 4 aromatic rings. The molecule has 0 aliphatic heterocycles. The number of anilines is 1. The number of para-hydroxylation sites is 1. The first-order valence-electron chi connectivity index (χ1n) is 8.93. The van der Waals surface area contributed by atoms with E-state index in [1.807, 2.05) is 66.9 Å². The SMILES string of the molecule is O=C(C=Cc1cnn(-c2ccccc2)c1)Nc1ccnn1Cc1ccccc1. The average Bonchev–Trinajstić information content (AvgIpc) is 3.38. The quantitative estimate of drug-likeness (QED) is 0.526. The van der Waals surface area contributed by atoms with Crippen molar-refractivity contribution in [2.24, 2.45) is 0 Å². The number of amides is 1. The number of nitrogens with one attached hydrogen (secondary N) is 1. The van der Waals surface area contributed by atoms with Crippen LogP contribution in [-0.4, -0.2) is 25.5 Å². The van der Waals surface area contributed by atoms with Crippen LogP contribution in [0.1, 0.15) is 11.1 Å². The molecule has 0 bridgehead atoms. The van der Waals surface area contributed by atoms with E-state index in [2.05, 4.69) is 15.5 Å². The third-order valence-electron chi connectivity index (χ3n) is 4.19. The Morgan fingerprint density at radius 1 is 0.964 bits per heavy atom. The first kappa shape index (κ1) is 17.5. The van der Waals surface area contributed by atoms with Crippen LogP contribution in [0.4, 0.5) is 5.82 Å². The van der Waals surface area contributed by atoms with E-state index >= 15 is 0 Å². The number of rotatable bonds is 6. The molecule has 0 radical (unpaired) electrons. The normalized spacial score (nSPS) is 11.0. The van der Waals surface area contributed by atoms with E-state index in [4.69, 9.17) is 0 Å². The molecule has 2 aromatic carbocycles. The van der Waals surface area contributed by atoms with Crippen LogP contribution in [0.3, 0.4) is 0 Å². The maximum absolute atomic E-state index is 12.3. The van der Waals surface area contributed by atoms with Crippen molar-refractivity contribution in [3.8, 4) is 5.69 Å². The highest BCUT2D eigenvalue weighted by Gasteiger charge is 2.06. The molecule has 0 fully saturated rings. The van der Waals surface area contributed by atoms with E-state index < -0.39 is 0 Å². The van der Waals surface area contributed by atoms with Crippen molar-refractivity contribution in [2.75, 3.05) is 5.32 Å². The van der Waals surface area contributed by atoms with Gasteiger partial charge in [-0.3, -0.25) is 4.79 Å². The van der Waals surface area contributed by atoms with Crippen LogP contribution in [0.5, 0.6) is 0 Å². The van der Waals surface area contributed by atoms with Crippen molar-refractivity contribution in [1.82, 2.24) is 19.6 Å². The molecule has 6 heteroatoms. The molecular formula is C22H19N5O. The zero-order valence-corrected chi connectivity index (χ0v) is 15.1. The number of nitrogens with zero attached hydrogens (tertiary/aromatic N) is 4. The second-order valence-electron chi connectivity index (χ2n) is 6.24. The summed E-state index contributed by atoms with van der Waals surface area (Å²) >= 11 is 0. The summed E-state index contributed by atoms with van der Waals surface area (Å²) in [7, 11) is 0. The second kappa shape index (κ2) is 8.18. The Labute approximate surface area is 162 Å². The summed E-state index contributed by atoms with van der Waals surface area (Å²) in [5.74, 6) is 0.431. The monoisotopic (exact) mass is 369 g/mol. The van der Waals surface area contributed by atoms with Gasteiger partial charge in [-0.15, -0.1) is 0 Å². The Morgan fingerprint density at radius 2 is 1.71 bits per heavy atom. The van der Waals surface area contributed by atoms with Gasteiger partial charge in [0.25, 0.3) is 0 Å². The summed E-state index contributed by atoms with van der Waals surface area (Å²) < 4.78 is 3.53. The fourth-order valence-corrected chi connectivity index (χ4v) is 2.81. The summed E-state index contributed by atoms with van der Waals surface area (Å²) in [5, 5.41) is 11.5. The van der Waals surface area contributed by atoms with Gasteiger partial charge in [0.05, 0.1) is 24.6 Å². The van der Waals surface area contributed by atoms with Gasteiger partial charge in [-0.25, -0.2) is 9.36 Å². The van der Waals surface area contributed by atoms with E-state index in [1.165, 1.54) is 6.08 Å². The molecular weight excluding hydrogens is 350 g/mol. The van der Waals surface area contributed by atoms with Gasteiger partial charge in [0.1, 0.15) is 5.82 Å². The molecule has 0 saturated carbocycles. The van der Waals surface area contributed by atoms with E-state index in [1.54, 1.807) is 33.9 Å². The molecule has 0 unspecified atom stereocenters. The van der Waals surface area contributed by atoms with Crippen LogP contribution < -0.4 is 5.32 Å². The lowest BCUT2D eigenvalue weighted by atomic mass is 10.2. The maximum atomic E-state index is 12.3. The summed E-state index contributed by atoms with van der Waals surface area (Å²) in [5.41, 5.74) is 2.93. The van der Waals surface area contributed by atoms with Gasteiger partial charge in [-0.2, -0.15) is 10.2 Å². The number of hydrogen-bond donors (Lipinski definition) is 1. The summed E-state index contributed by atoms with van der Waals surface area (Å²) in [6, 6.07) is 21.6. The zero-order chi connectivity index (χ0) is 19.2. The van der Waals surface area contributed by atoms with Crippen LogP contribution in [0, 0.1) is 0 Å². The van der Waals surface area contributed by atoms with Gasteiger partial charge in [0, 0.05) is 23.9 Å².